The summed E-state index contributed by atoms with van der Waals surface area (Å²) in [5.41, 5.74) is 3.59. The molecule has 1 fully saturated rings. The summed E-state index contributed by atoms with van der Waals surface area (Å²) >= 11 is 0. The van der Waals surface area contributed by atoms with Crippen LogP contribution in [0.2, 0.25) is 0 Å². The smallest absolute Gasteiger partial charge is 0.225 e. The third kappa shape index (κ3) is 1.82. The highest BCUT2D eigenvalue weighted by molar-refractivity contribution is 5.98. The van der Waals surface area contributed by atoms with Gasteiger partial charge in [0, 0.05) is 35.3 Å². The number of likely N-dealkylation sites (tertiary alicyclic amines) is 1. The maximum absolute atomic E-state index is 12.1. The van der Waals surface area contributed by atoms with Crippen molar-refractivity contribution in [1.82, 2.24) is 4.90 Å². The fourth-order valence-electron chi connectivity index (χ4n) is 4.06. The minimum atomic E-state index is 0.0108. The van der Waals surface area contributed by atoms with Crippen molar-refractivity contribution in [3.63, 3.8) is 0 Å². The van der Waals surface area contributed by atoms with Crippen LogP contribution in [0.4, 0.5) is 11.4 Å². The van der Waals surface area contributed by atoms with E-state index in [4.69, 9.17) is 0 Å². The maximum Gasteiger partial charge on any atom is 0.225 e. The molecule has 4 heteroatoms. The van der Waals surface area contributed by atoms with Gasteiger partial charge in [0.2, 0.25) is 5.91 Å². The van der Waals surface area contributed by atoms with Crippen molar-refractivity contribution >= 4 is 17.3 Å². The summed E-state index contributed by atoms with van der Waals surface area (Å²) in [6.07, 6.45) is 4.36. The SMILES string of the molecule is O=C1CC2(CCN3CCCC3)CNc3cccc(c32)N1. The number of rotatable bonds is 3. The van der Waals surface area contributed by atoms with Gasteiger partial charge in [0.1, 0.15) is 0 Å². The van der Waals surface area contributed by atoms with Crippen molar-refractivity contribution in [1.29, 1.82) is 0 Å². The number of hydrogen-bond donors (Lipinski definition) is 2. The van der Waals surface area contributed by atoms with Crippen LogP contribution >= 0.6 is 0 Å². The molecule has 1 saturated heterocycles. The van der Waals surface area contributed by atoms with Crippen LogP contribution in [0.15, 0.2) is 18.2 Å². The Balaban J connectivity index is 1.64. The molecule has 0 saturated carbocycles. The van der Waals surface area contributed by atoms with E-state index in [1.54, 1.807) is 0 Å². The van der Waals surface area contributed by atoms with Crippen LogP contribution in [0, 0.1) is 0 Å². The molecule has 3 aliphatic rings. The van der Waals surface area contributed by atoms with E-state index in [0.29, 0.717) is 6.42 Å². The third-order valence-corrected chi connectivity index (χ3v) is 5.09. The molecule has 0 radical (unpaired) electrons. The van der Waals surface area contributed by atoms with Gasteiger partial charge in [-0.2, -0.15) is 0 Å². The highest BCUT2D eigenvalue weighted by Gasteiger charge is 2.45. The lowest BCUT2D eigenvalue weighted by Crippen LogP contribution is -2.40. The molecule has 1 unspecified atom stereocenters. The van der Waals surface area contributed by atoms with Gasteiger partial charge < -0.3 is 15.5 Å². The fraction of sp³-hybridized carbons (Fsp3) is 0.562. The summed E-state index contributed by atoms with van der Waals surface area (Å²) < 4.78 is 0. The van der Waals surface area contributed by atoms with Crippen LogP contribution < -0.4 is 10.6 Å². The van der Waals surface area contributed by atoms with Crippen LogP contribution in [0.1, 0.15) is 31.2 Å². The summed E-state index contributed by atoms with van der Waals surface area (Å²) in [6.45, 7) is 4.47. The second-order valence-corrected chi connectivity index (χ2v) is 6.39. The predicted octanol–water partition coefficient (Wildman–Crippen LogP) is 2.18. The lowest BCUT2D eigenvalue weighted by Gasteiger charge is -2.35. The number of nitrogens with zero attached hydrogens (tertiary/aromatic N) is 1. The molecule has 0 aliphatic carbocycles. The molecular weight excluding hydrogens is 250 g/mol. The second-order valence-electron chi connectivity index (χ2n) is 6.39. The summed E-state index contributed by atoms with van der Waals surface area (Å²) in [4.78, 5) is 14.6. The number of carbonyl (C=O) groups is 1. The average Bonchev–Trinajstić information content (AvgIpc) is 3.06. The fourth-order valence-corrected chi connectivity index (χ4v) is 4.06. The summed E-state index contributed by atoms with van der Waals surface area (Å²) in [6, 6.07) is 6.19. The van der Waals surface area contributed by atoms with E-state index >= 15 is 0 Å². The Bertz CT molecular complexity index is 551. The molecule has 1 aromatic rings. The Morgan fingerprint density at radius 3 is 2.85 bits per heavy atom. The average molecular weight is 271 g/mol. The number of nitrogens with one attached hydrogen (secondary N) is 2. The van der Waals surface area contributed by atoms with Gasteiger partial charge in [-0.05, 0) is 51.0 Å². The molecule has 3 aliphatic heterocycles. The van der Waals surface area contributed by atoms with E-state index in [-0.39, 0.29) is 11.3 Å². The highest BCUT2D eigenvalue weighted by atomic mass is 16.1. The molecule has 0 aromatic heterocycles. The van der Waals surface area contributed by atoms with Gasteiger partial charge in [0.25, 0.3) is 0 Å². The lowest BCUT2D eigenvalue weighted by molar-refractivity contribution is -0.117. The van der Waals surface area contributed by atoms with E-state index in [1.165, 1.54) is 37.2 Å². The first-order valence-corrected chi connectivity index (χ1v) is 7.66. The number of carbonyl (C=O) groups excluding carboxylic acids is 1. The number of hydrogen-bond acceptors (Lipinski definition) is 3. The minimum absolute atomic E-state index is 0.0108. The molecule has 2 N–H and O–H groups in total. The molecule has 1 aromatic carbocycles. The molecule has 4 nitrogen and oxygen atoms in total. The number of benzene rings is 1. The van der Waals surface area contributed by atoms with Crippen LogP contribution in [0.3, 0.4) is 0 Å². The molecular formula is C16H21N3O. The summed E-state index contributed by atoms with van der Waals surface area (Å²) in [7, 11) is 0. The Hall–Kier alpha value is -1.55. The Morgan fingerprint density at radius 1 is 1.20 bits per heavy atom. The van der Waals surface area contributed by atoms with Crippen LogP contribution in [-0.2, 0) is 10.2 Å². The summed E-state index contributed by atoms with van der Waals surface area (Å²) in [5, 5.41) is 6.54. The van der Waals surface area contributed by atoms with Gasteiger partial charge >= 0.3 is 0 Å². The van der Waals surface area contributed by atoms with Gasteiger partial charge in [-0.3, -0.25) is 4.79 Å². The Morgan fingerprint density at radius 2 is 2.00 bits per heavy atom. The zero-order valence-corrected chi connectivity index (χ0v) is 11.7. The molecule has 1 atom stereocenters. The Kier molecular flexibility index (Phi) is 2.74. The molecule has 3 heterocycles. The third-order valence-electron chi connectivity index (χ3n) is 5.09. The lowest BCUT2D eigenvalue weighted by atomic mass is 9.73. The summed E-state index contributed by atoms with van der Waals surface area (Å²) in [5.74, 6) is 0.166. The molecule has 20 heavy (non-hydrogen) atoms. The first-order chi connectivity index (χ1) is 9.77. The van der Waals surface area contributed by atoms with E-state index in [1.807, 2.05) is 12.1 Å². The molecule has 4 rings (SSSR count). The van der Waals surface area contributed by atoms with Crippen molar-refractivity contribution < 1.29 is 4.79 Å². The van der Waals surface area contributed by atoms with Gasteiger partial charge in [0.05, 0.1) is 0 Å². The Labute approximate surface area is 119 Å². The zero-order chi connectivity index (χ0) is 13.6. The van der Waals surface area contributed by atoms with Crippen LogP contribution in [-0.4, -0.2) is 37.0 Å². The van der Waals surface area contributed by atoms with Gasteiger partial charge in [-0.25, -0.2) is 0 Å². The van der Waals surface area contributed by atoms with Crippen molar-refractivity contribution in [3.05, 3.63) is 23.8 Å². The van der Waals surface area contributed by atoms with E-state index in [9.17, 15) is 4.79 Å². The number of amides is 1. The van der Waals surface area contributed by atoms with E-state index in [2.05, 4.69) is 21.6 Å². The highest BCUT2D eigenvalue weighted by Crippen LogP contribution is 2.48. The van der Waals surface area contributed by atoms with Gasteiger partial charge in [-0.1, -0.05) is 6.07 Å². The molecule has 0 bridgehead atoms. The first-order valence-electron chi connectivity index (χ1n) is 7.66. The van der Waals surface area contributed by atoms with Crippen molar-refractivity contribution in [2.45, 2.75) is 31.1 Å². The quantitative estimate of drug-likeness (QED) is 0.885. The zero-order valence-electron chi connectivity index (χ0n) is 11.7. The predicted molar refractivity (Wildman–Crippen MR) is 80.1 cm³/mol. The molecule has 0 spiro atoms. The van der Waals surface area contributed by atoms with Gasteiger partial charge in [0.15, 0.2) is 0 Å². The molecule has 1 amide bonds. The number of anilines is 2. The largest absolute Gasteiger partial charge is 0.384 e. The maximum atomic E-state index is 12.1. The first kappa shape index (κ1) is 12.2. The second kappa shape index (κ2) is 4.48. The van der Waals surface area contributed by atoms with Crippen molar-refractivity contribution in [2.75, 3.05) is 36.8 Å². The van der Waals surface area contributed by atoms with Gasteiger partial charge in [-0.15, -0.1) is 0 Å². The van der Waals surface area contributed by atoms with Crippen LogP contribution in [0.25, 0.3) is 0 Å². The monoisotopic (exact) mass is 271 g/mol. The topological polar surface area (TPSA) is 44.4 Å². The van der Waals surface area contributed by atoms with Crippen LogP contribution in [0.5, 0.6) is 0 Å². The van der Waals surface area contributed by atoms with Crippen molar-refractivity contribution in [2.24, 2.45) is 0 Å². The standard InChI is InChI=1S/C16H21N3O/c20-14-10-16(6-9-19-7-1-2-8-19)11-17-12-4-3-5-13(18-14)15(12)16/h3-5,17H,1-2,6-11H2,(H,18,20). The normalized spacial score (nSPS) is 28.1. The van der Waals surface area contributed by atoms with E-state index < -0.39 is 0 Å². The minimum Gasteiger partial charge on any atom is -0.384 e. The molecule has 106 valence electrons. The van der Waals surface area contributed by atoms with Crippen molar-refractivity contribution in [3.8, 4) is 0 Å². The van der Waals surface area contributed by atoms with E-state index in [0.717, 1.165) is 25.2 Å².